The Balaban J connectivity index is 2.05. The predicted molar refractivity (Wildman–Crippen MR) is 103 cm³/mol. The average Bonchev–Trinajstić information content (AvgIpc) is 2.98. The lowest BCUT2D eigenvalue weighted by molar-refractivity contribution is 0.0636. The minimum atomic E-state index is -0.611. The van der Waals surface area contributed by atoms with Crippen molar-refractivity contribution in [1.29, 1.82) is 0 Å². The summed E-state index contributed by atoms with van der Waals surface area (Å²) < 4.78 is 10.6. The van der Waals surface area contributed by atoms with E-state index in [2.05, 4.69) is 15.3 Å². The third-order valence-corrected chi connectivity index (χ3v) is 3.87. The summed E-state index contributed by atoms with van der Waals surface area (Å²) in [5, 5.41) is 3.17. The highest BCUT2D eigenvalue weighted by Gasteiger charge is 2.20. The van der Waals surface area contributed by atoms with E-state index >= 15 is 0 Å². The van der Waals surface area contributed by atoms with Gasteiger partial charge in [-0.15, -0.1) is 0 Å². The number of carbonyl (C=O) groups excluding carboxylic acids is 1. The highest BCUT2D eigenvalue weighted by atomic mass is 35.5. The second-order valence-electron chi connectivity index (χ2n) is 6.76. The van der Waals surface area contributed by atoms with Gasteiger partial charge in [-0.2, -0.15) is 0 Å². The smallest absolute Gasteiger partial charge is 0.412 e. The van der Waals surface area contributed by atoms with Gasteiger partial charge in [0.1, 0.15) is 17.2 Å². The van der Waals surface area contributed by atoms with Crippen molar-refractivity contribution in [2.24, 2.45) is 0 Å². The van der Waals surface area contributed by atoms with Crippen LogP contribution in [-0.4, -0.2) is 28.8 Å². The quantitative estimate of drug-likeness (QED) is 0.658. The van der Waals surface area contributed by atoms with Crippen molar-refractivity contribution in [2.45, 2.75) is 26.4 Å². The average molecular weight is 374 g/mol. The number of fused-ring (bicyclic) bond motifs is 1. The number of hydrogen-bond acceptors (Lipinski definition) is 4. The number of para-hydroxylation sites is 2. The maximum absolute atomic E-state index is 12.2. The molecule has 26 heavy (non-hydrogen) atoms. The highest BCUT2D eigenvalue weighted by Crippen LogP contribution is 2.37. The molecular formula is C19H20ClN3O3. The zero-order chi connectivity index (χ0) is 18.9. The maximum Gasteiger partial charge on any atom is 0.412 e. The van der Waals surface area contributed by atoms with Crippen LogP contribution in [0.1, 0.15) is 20.8 Å². The van der Waals surface area contributed by atoms with Crippen LogP contribution in [0.3, 0.4) is 0 Å². The second-order valence-corrected chi connectivity index (χ2v) is 7.17. The topological polar surface area (TPSA) is 76.2 Å². The van der Waals surface area contributed by atoms with E-state index < -0.39 is 11.7 Å². The number of nitrogens with one attached hydrogen (secondary N) is 2. The normalized spacial score (nSPS) is 11.4. The SMILES string of the molecule is COc1cc(NC(=O)OC(C)(C)C)c(-c2nc3ccccc3[nH]2)cc1Cl. The van der Waals surface area contributed by atoms with Crippen molar-refractivity contribution >= 4 is 34.4 Å². The number of hydrogen-bond donors (Lipinski definition) is 2. The standard InChI is InChI=1S/C19H20ClN3O3/c1-19(2,3)26-18(24)23-15-10-16(25-4)12(20)9-11(15)17-21-13-7-5-6-8-14(13)22-17/h5-10H,1-4H3,(H,21,22)(H,23,24). The minimum Gasteiger partial charge on any atom is -0.495 e. The molecule has 1 amide bonds. The van der Waals surface area contributed by atoms with E-state index in [9.17, 15) is 4.79 Å². The molecule has 136 valence electrons. The molecular weight excluding hydrogens is 354 g/mol. The molecule has 7 heteroatoms. The first-order chi connectivity index (χ1) is 12.3. The number of aromatic nitrogens is 2. The Bertz CT molecular complexity index is 927. The molecule has 6 nitrogen and oxygen atoms in total. The van der Waals surface area contributed by atoms with Gasteiger partial charge in [-0.25, -0.2) is 9.78 Å². The minimum absolute atomic E-state index is 0.415. The van der Waals surface area contributed by atoms with Gasteiger partial charge in [-0.05, 0) is 39.0 Å². The van der Waals surface area contributed by atoms with Crippen LogP contribution in [0, 0.1) is 0 Å². The van der Waals surface area contributed by atoms with Crippen LogP contribution in [0.25, 0.3) is 22.4 Å². The van der Waals surface area contributed by atoms with Gasteiger partial charge in [0, 0.05) is 11.6 Å². The van der Waals surface area contributed by atoms with E-state index in [1.54, 1.807) is 32.9 Å². The van der Waals surface area contributed by atoms with Gasteiger partial charge < -0.3 is 14.5 Å². The fourth-order valence-corrected chi connectivity index (χ4v) is 2.74. The maximum atomic E-state index is 12.2. The first kappa shape index (κ1) is 18.1. The number of methoxy groups -OCH3 is 1. The Labute approximate surface area is 156 Å². The lowest BCUT2D eigenvalue weighted by atomic mass is 10.1. The largest absolute Gasteiger partial charge is 0.495 e. The van der Waals surface area contributed by atoms with E-state index in [0.717, 1.165) is 11.0 Å². The van der Waals surface area contributed by atoms with Crippen LogP contribution in [0.15, 0.2) is 36.4 Å². The Hall–Kier alpha value is -2.73. The summed E-state index contributed by atoms with van der Waals surface area (Å²) in [6.45, 7) is 5.40. The molecule has 3 rings (SSSR count). The van der Waals surface area contributed by atoms with Crippen molar-refractivity contribution in [2.75, 3.05) is 12.4 Å². The van der Waals surface area contributed by atoms with Gasteiger partial charge in [0.25, 0.3) is 0 Å². The first-order valence-electron chi connectivity index (χ1n) is 8.09. The van der Waals surface area contributed by atoms with Gasteiger partial charge in [0.05, 0.1) is 28.9 Å². The molecule has 0 atom stereocenters. The summed E-state index contributed by atoms with van der Waals surface area (Å²) in [5.74, 6) is 1.03. The van der Waals surface area contributed by atoms with Gasteiger partial charge >= 0.3 is 6.09 Å². The molecule has 0 unspecified atom stereocenters. The number of carbonyl (C=O) groups is 1. The van der Waals surface area contributed by atoms with Crippen molar-refractivity contribution in [3.05, 3.63) is 41.4 Å². The molecule has 0 bridgehead atoms. The van der Waals surface area contributed by atoms with Gasteiger partial charge in [-0.3, -0.25) is 5.32 Å². The molecule has 0 saturated carbocycles. The summed E-state index contributed by atoms with van der Waals surface area (Å²) >= 11 is 6.28. The van der Waals surface area contributed by atoms with Crippen molar-refractivity contribution < 1.29 is 14.3 Å². The molecule has 0 aliphatic heterocycles. The molecule has 0 spiro atoms. The van der Waals surface area contributed by atoms with Crippen LogP contribution >= 0.6 is 11.6 Å². The molecule has 0 saturated heterocycles. The van der Waals surface area contributed by atoms with Gasteiger partial charge in [-0.1, -0.05) is 23.7 Å². The number of anilines is 1. The van der Waals surface area contributed by atoms with E-state index in [-0.39, 0.29) is 0 Å². The third kappa shape index (κ3) is 3.91. The Kier molecular flexibility index (Phi) is 4.78. The van der Waals surface area contributed by atoms with Crippen LogP contribution in [0.5, 0.6) is 5.75 Å². The van der Waals surface area contributed by atoms with E-state index in [1.807, 2.05) is 24.3 Å². The fourth-order valence-electron chi connectivity index (χ4n) is 2.50. The summed E-state index contributed by atoms with van der Waals surface area (Å²) in [4.78, 5) is 20.0. The van der Waals surface area contributed by atoms with Crippen LogP contribution < -0.4 is 10.1 Å². The zero-order valence-electron chi connectivity index (χ0n) is 15.0. The zero-order valence-corrected chi connectivity index (χ0v) is 15.8. The molecule has 0 fully saturated rings. The van der Waals surface area contributed by atoms with E-state index in [1.165, 1.54) is 7.11 Å². The number of amides is 1. The molecule has 0 radical (unpaired) electrons. The number of rotatable bonds is 3. The molecule has 2 aromatic carbocycles. The second kappa shape index (κ2) is 6.88. The molecule has 1 heterocycles. The third-order valence-electron chi connectivity index (χ3n) is 3.57. The highest BCUT2D eigenvalue weighted by molar-refractivity contribution is 6.32. The van der Waals surface area contributed by atoms with Crippen molar-refractivity contribution in [3.8, 4) is 17.1 Å². The summed E-state index contributed by atoms with van der Waals surface area (Å²) in [5.41, 5.74) is 2.22. The predicted octanol–water partition coefficient (Wildman–Crippen LogP) is 5.24. The molecule has 1 aromatic heterocycles. The summed E-state index contributed by atoms with van der Waals surface area (Å²) in [7, 11) is 1.51. The number of ether oxygens (including phenoxy) is 2. The van der Waals surface area contributed by atoms with Crippen LogP contribution in [-0.2, 0) is 4.74 Å². The lowest BCUT2D eigenvalue weighted by Gasteiger charge is -2.20. The first-order valence-corrected chi connectivity index (χ1v) is 8.47. The Morgan fingerprint density at radius 3 is 2.62 bits per heavy atom. The number of H-pyrrole nitrogens is 1. The van der Waals surface area contributed by atoms with E-state index in [4.69, 9.17) is 21.1 Å². The number of benzene rings is 2. The monoisotopic (exact) mass is 373 g/mol. The Morgan fingerprint density at radius 1 is 1.23 bits per heavy atom. The molecule has 2 N–H and O–H groups in total. The lowest BCUT2D eigenvalue weighted by Crippen LogP contribution is -2.27. The summed E-state index contributed by atoms with van der Waals surface area (Å²) in [6, 6.07) is 11.0. The number of halogens is 1. The number of nitrogens with zero attached hydrogens (tertiary/aromatic N) is 1. The summed E-state index contributed by atoms with van der Waals surface area (Å²) in [6.07, 6.45) is -0.570. The molecule has 0 aliphatic carbocycles. The van der Waals surface area contributed by atoms with Crippen LogP contribution in [0.4, 0.5) is 10.5 Å². The number of imidazole rings is 1. The van der Waals surface area contributed by atoms with Gasteiger partial charge in [0.2, 0.25) is 0 Å². The number of aromatic amines is 1. The van der Waals surface area contributed by atoms with Crippen molar-refractivity contribution in [3.63, 3.8) is 0 Å². The molecule has 0 aliphatic rings. The fraction of sp³-hybridized carbons (Fsp3) is 0.263. The Morgan fingerprint density at radius 2 is 1.96 bits per heavy atom. The van der Waals surface area contributed by atoms with Crippen molar-refractivity contribution in [1.82, 2.24) is 9.97 Å². The van der Waals surface area contributed by atoms with E-state index in [0.29, 0.717) is 27.8 Å². The van der Waals surface area contributed by atoms with Gasteiger partial charge in [0.15, 0.2) is 0 Å². The molecule has 3 aromatic rings. The van der Waals surface area contributed by atoms with Crippen LogP contribution in [0.2, 0.25) is 5.02 Å².